The Hall–Kier alpha value is -2.05. The van der Waals surface area contributed by atoms with E-state index in [1.54, 1.807) is 19.0 Å². The van der Waals surface area contributed by atoms with Crippen LogP contribution in [0.5, 0.6) is 0 Å². The number of carbonyl (C=O) groups excluding carboxylic acids is 2. The Morgan fingerprint density at radius 3 is 2.64 bits per heavy atom. The lowest BCUT2D eigenvalue weighted by molar-refractivity contribution is -0.145. The summed E-state index contributed by atoms with van der Waals surface area (Å²) in [5.41, 5.74) is 0.658. The van der Waals surface area contributed by atoms with Crippen LogP contribution >= 0.6 is 0 Å². The molecule has 3 amide bonds. The molecule has 2 aliphatic rings. The van der Waals surface area contributed by atoms with Crippen LogP contribution in [0.4, 0.5) is 4.79 Å². The monoisotopic (exact) mass is 347 g/mol. The van der Waals surface area contributed by atoms with Crippen molar-refractivity contribution in [1.82, 2.24) is 24.3 Å². The van der Waals surface area contributed by atoms with Gasteiger partial charge in [-0.05, 0) is 27.2 Å². The fourth-order valence-electron chi connectivity index (χ4n) is 4.02. The van der Waals surface area contributed by atoms with Crippen LogP contribution in [-0.4, -0.2) is 75.5 Å². The first-order chi connectivity index (χ1) is 11.7. The molecule has 1 saturated heterocycles. The zero-order valence-electron chi connectivity index (χ0n) is 15.9. The average Bonchev–Trinajstić information content (AvgIpc) is 2.91. The number of rotatable bonds is 1. The second-order valence-electron chi connectivity index (χ2n) is 8.09. The highest BCUT2D eigenvalue weighted by Gasteiger charge is 2.41. The van der Waals surface area contributed by atoms with Crippen molar-refractivity contribution < 1.29 is 9.59 Å². The topological polar surface area (TPSA) is 61.7 Å². The summed E-state index contributed by atoms with van der Waals surface area (Å²) in [6, 6.07) is 0.0105. The molecule has 1 aromatic heterocycles. The molecule has 0 N–H and O–H groups in total. The molecule has 0 aromatic carbocycles. The van der Waals surface area contributed by atoms with E-state index >= 15 is 0 Å². The van der Waals surface area contributed by atoms with Crippen molar-refractivity contribution in [2.24, 2.45) is 5.92 Å². The van der Waals surface area contributed by atoms with Crippen molar-refractivity contribution in [1.29, 1.82) is 0 Å². The first kappa shape index (κ1) is 17.8. The van der Waals surface area contributed by atoms with Gasteiger partial charge in [0.05, 0.1) is 17.2 Å². The van der Waals surface area contributed by atoms with E-state index < -0.39 is 0 Å². The summed E-state index contributed by atoms with van der Waals surface area (Å²) in [4.78, 5) is 35.3. The molecule has 0 spiro atoms. The zero-order chi connectivity index (χ0) is 18.4. The summed E-state index contributed by atoms with van der Waals surface area (Å²) < 4.78 is 2.13. The van der Waals surface area contributed by atoms with Crippen molar-refractivity contribution >= 4 is 11.9 Å². The highest BCUT2D eigenvalue weighted by atomic mass is 16.2. The quantitative estimate of drug-likeness (QED) is 0.771. The number of piperazine rings is 1. The van der Waals surface area contributed by atoms with Gasteiger partial charge in [0.2, 0.25) is 5.91 Å². The van der Waals surface area contributed by atoms with Crippen molar-refractivity contribution in [3.63, 3.8) is 0 Å². The van der Waals surface area contributed by atoms with Gasteiger partial charge >= 0.3 is 6.03 Å². The molecule has 3 rings (SSSR count). The van der Waals surface area contributed by atoms with Gasteiger partial charge in [0.15, 0.2) is 0 Å². The second-order valence-corrected chi connectivity index (χ2v) is 8.09. The Morgan fingerprint density at radius 1 is 1.28 bits per heavy atom. The van der Waals surface area contributed by atoms with Crippen LogP contribution in [0.2, 0.25) is 0 Å². The standard InChI is InChI=1S/C18H29N5O2/c1-13-10-22-11-14(6-7-15(22)19-13)16(24)23-9-8-21(12-18(23,2)3)17(25)20(4)5/h10,14H,6-9,11-12H2,1-5H3. The molecule has 2 aliphatic heterocycles. The van der Waals surface area contributed by atoms with E-state index in [-0.39, 0.29) is 23.4 Å². The molecular formula is C18H29N5O2. The molecule has 1 atom stereocenters. The van der Waals surface area contributed by atoms with Crippen LogP contribution in [0.25, 0.3) is 0 Å². The third kappa shape index (κ3) is 3.37. The summed E-state index contributed by atoms with van der Waals surface area (Å²) >= 11 is 0. The number of amides is 3. The first-order valence-electron chi connectivity index (χ1n) is 8.99. The Morgan fingerprint density at radius 2 is 2.00 bits per heavy atom. The maximum Gasteiger partial charge on any atom is 0.319 e. The van der Waals surface area contributed by atoms with Gasteiger partial charge in [0, 0.05) is 52.9 Å². The van der Waals surface area contributed by atoms with Crippen molar-refractivity contribution in [3.8, 4) is 0 Å². The predicted octanol–water partition coefficient (Wildman–Crippen LogP) is 1.36. The van der Waals surface area contributed by atoms with Crippen LogP contribution in [0, 0.1) is 12.8 Å². The summed E-state index contributed by atoms with van der Waals surface area (Å²) in [7, 11) is 3.53. The molecular weight excluding hydrogens is 318 g/mol. The summed E-state index contributed by atoms with van der Waals surface area (Å²) in [5, 5.41) is 0. The van der Waals surface area contributed by atoms with Gasteiger partial charge in [-0.2, -0.15) is 0 Å². The fraction of sp³-hybridized carbons (Fsp3) is 0.722. The molecule has 1 unspecified atom stereocenters. The number of nitrogens with zero attached hydrogens (tertiary/aromatic N) is 5. The fourth-order valence-corrected chi connectivity index (χ4v) is 4.02. The minimum absolute atomic E-state index is 0.00326. The highest BCUT2D eigenvalue weighted by molar-refractivity contribution is 5.80. The molecule has 1 aromatic rings. The van der Waals surface area contributed by atoms with E-state index in [1.807, 2.05) is 22.9 Å². The van der Waals surface area contributed by atoms with Gasteiger partial charge < -0.3 is 19.3 Å². The number of hydrogen-bond acceptors (Lipinski definition) is 3. The molecule has 0 aliphatic carbocycles. The first-order valence-corrected chi connectivity index (χ1v) is 8.99. The number of aromatic nitrogens is 2. The normalized spacial score (nSPS) is 22.5. The van der Waals surface area contributed by atoms with Gasteiger partial charge in [0.1, 0.15) is 5.82 Å². The predicted molar refractivity (Wildman–Crippen MR) is 95.2 cm³/mol. The van der Waals surface area contributed by atoms with Gasteiger partial charge in [0.25, 0.3) is 0 Å². The lowest BCUT2D eigenvalue weighted by atomic mass is 9.92. The molecule has 0 bridgehead atoms. The van der Waals surface area contributed by atoms with E-state index in [0.29, 0.717) is 26.2 Å². The minimum Gasteiger partial charge on any atom is -0.334 e. The summed E-state index contributed by atoms with van der Waals surface area (Å²) in [6.07, 6.45) is 3.74. The van der Waals surface area contributed by atoms with Crippen molar-refractivity contribution in [2.75, 3.05) is 33.7 Å². The zero-order valence-corrected chi connectivity index (χ0v) is 15.9. The molecule has 3 heterocycles. The van der Waals surface area contributed by atoms with Crippen LogP contribution in [-0.2, 0) is 17.8 Å². The molecule has 0 saturated carbocycles. The Bertz CT molecular complexity index is 679. The molecule has 1 fully saturated rings. The van der Waals surface area contributed by atoms with Crippen molar-refractivity contribution in [3.05, 3.63) is 17.7 Å². The number of carbonyl (C=O) groups is 2. The third-order valence-corrected chi connectivity index (χ3v) is 5.28. The lowest BCUT2D eigenvalue weighted by Gasteiger charge is -2.48. The Kier molecular flexibility index (Phi) is 4.51. The number of urea groups is 1. The van der Waals surface area contributed by atoms with E-state index in [0.717, 1.165) is 24.4 Å². The van der Waals surface area contributed by atoms with Gasteiger partial charge in [-0.25, -0.2) is 9.78 Å². The smallest absolute Gasteiger partial charge is 0.319 e. The van der Waals surface area contributed by atoms with E-state index in [4.69, 9.17) is 0 Å². The van der Waals surface area contributed by atoms with Gasteiger partial charge in [-0.1, -0.05) is 0 Å². The number of hydrogen-bond donors (Lipinski definition) is 0. The molecule has 25 heavy (non-hydrogen) atoms. The molecule has 7 heteroatoms. The average molecular weight is 347 g/mol. The Balaban J connectivity index is 1.70. The van der Waals surface area contributed by atoms with Crippen LogP contribution in [0.1, 0.15) is 31.8 Å². The van der Waals surface area contributed by atoms with E-state index in [1.165, 1.54) is 0 Å². The maximum atomic E-state index is 13.2. The number of aryl methyl sites for hydroxylation is 2. The van der Waals surface area contributed by atoms with Gasteiger partial charge in [-0.3, -0.25) is 4.79 Å². The maximum absolute atomic E-state index is 13.2. The molecule has 0 radical (unpaired) electrons. The van der Waals surface area contributed by atoms with Crippen molar-refractivity contribution in [2.45, 2.75) is 45.7 Å². The van der Waals surface area contributed by atoms with E-state index in [2.05, 4.69) is 23.4 Å². The van der Waals surface area contributed by atoms with Crippen LogP contribution < -0.4 is 0 Å². The van der Waals surface area contributed by atoms with E-state index in [9.17, 15) is 9.59 Å². The summed E-state index contributed by atoms with van der Waals surface area (Å²) in [5.74, 6) is 1.29. The number of imidazole rings is 1. The number of fused-ring (bicyclic) bond motifs is 1. The molecule has 138 valence electrons. The SMILES string of the molecule is Cc1cn2c(n1)CCC(C(=O)N1CCN(C(=O)N(C)C)CC1(C)C)C2. The largest absolute Gasteiger partial charge is 0.334 e. The highest BCUT2D eigenvalue weighted by Crippen LogP contribution is 2.28. The second kappa shape index (κ2) is 6.35. The third-order valence-electron chi connectivity index (χ3n) is 5.28. The van der Waals surface area contributed by atoms with Crippen LogP contribution in [0.15, 0.2) is 6.20 Å². The summed E-state index contributed by atoms with van der Waals surface area (Å²) in [6.45, 7) is 8.56. The van der Waals surface area contributed by atoms with Gasteiger partial charge in [-0.15, -0.1) is 0 Å². The lowest BCUT2D eigenvalue weighted by Crippen LogP contribution is -2.64. The Labute approximate surface area is 149 Å². The molecule has 7 nitrogen and oxygen atoms in total. The minimum atomic E-state index is -0.355. The van der Waals surface area contributed by atoms with Crippen LogP contribution in [0.3, 0.4) is 0 Å².